The number of carbonyl (C=O) groups is 1. The minimum Gasteiger partial charge on any atom is -0.446 e. The van der Waals surface area contributed by atoms with Crippen molar-refractivity contribution < 1.29 is 14.5 Å². The van der Waals surface area contributed by atoms with Crippen LogP contribution in [0.3, 0.4) is 0 Å². The first-order valence-electron chi connectivity index (χ1n) is 6.97. The Hall–Kier alpha value is -2.45. The minimum atomic E-state index is -0.515. The van der Waals surface area contributed by atoms with Gasteiger partial charge in [-0.2, -0.15) is 0 Å². The molecule has 0 saturated carbocycles. The molecule has 0 unspecified atom stereocenters. The fourth-order valence-corrected chi connectivity index (χ4v) is 4.33. The molecule has 0 fully saturated rings. The molecule has 122 valence electrons. The second-order valence-corrected chi connectivity index (χ2v) is 7.20. The van der Waals surface area contributed by atoms with Gasteiger partial charge in [-0.15, -0.1) is 11.3 Å². The smallest absolute Gasteiger partial charge is 0.304 e. The van der Waals surface area contributed by atoms with Crippen LogP contribution in [0.4, 0.5) is 5.69 Å². The lowest BCUT2D eigenvalue weighted by Gasteiger charge is -2.15. The Balaban J connectivity index is 1.90. The zero-order valence-corrected chi connectivity index (χ0v) is 14.2. The lowest BCUT2D eigenvalue weighted by atomic mass is 10.2. The van der Waals surface area contributed by atoms with Gasteiger partial charge in [0.25, 0.3) is 5.69 Å². The predicted octanol–water partition coefficient (Wildman–Crippen LogP) is 4.56. The third kappa shape index (κ3) is 3.72. The highest BCUT2D eigenvalue weighted by molar-refractivity contribution is 8.01. The number of nitro groups is 1. The molecule has 2 aromatic carbocycles. The molecular weight excluding hydrogens is 348 g/mol. The van der Waals surface area contributed by atoms with Crippen molar-refractivity contribution in [1.29, 1.82) is 0 Å². The van der Waals surface area contributed by atoms with E-state index in [1.807, 2.05) is 30.3 Å². The summed E-state index contributed by atoms with van der Waals surface area (Å²) in [6.45, 7) is 1.36. The van der Waals surface area contributed by atoms with E-state index in [1.165, 1.54) is 42.2 Å². The molecule has 0 bridgehead atoms. The number of benzene rings is 2. The molecule has 1 heterocycles. The van der Waals surface area contributed by atoms with Crippen molar-refractivity contribution in [2.24, 2.45) is 0 Å². The van der Waals surface area contributed by atoms with E-state index in [-0.39, 0.29) is 11.7 Å². The van der Waals surface area contributed by atoms with Gasteiger partial charge in [-0.1, -0.05) is 30.3 Å². The monoisotopic (exact) mass is 360 g/mol. The van der Waals surface area contributed by atoms with E-state index >= 15 is 0 Å². The Bertz CT molecular complexity index is 895. The first kappa shape index (κ1) is 16.4. The van der Waals surface area contributed by atoms with Crippen molar-refractivity contribution in [3.05, 3.63) is 64.2 Å². The SMILES string of the molecule is CC(=O)O[C@H](Sc1nc2ccc([N+](=O)[O-])cc2s1)c1ccccc1. The average Bonchev–Trinajstić information content (AvgIpc) is 2.96. The number of carbonyl (C=O) groups excluding carboxylic acids is 1. The standard InChI is InChI=1S/C16H12N2O4S2/c1-10(19)22-15(11-5-3-2-4-6-11)24-16-17-13-8-7-12(18(20)21)9-14(13)23-16/h2-9,15H,1H3/t15-/m1/s1. The number of rotatable bonds is 5. The fraction of sp³-hybridized carbons (Fsp3) is 0.125. The molecule has 24 heavy (non-hydrogen) atoms. The lowest BCUT2D eigenvalue weighted by Crippen LogP contribution is -2.05. The lowest BCUT2D eigenvalue weighted by molar-refractivity contribution is -0.384. The Kier molecular flexibility index (Phi) is 4.77. The van der Waals surface area contributed by atoms with Crippen LogP contribution in [-0.4, -0.2) is 15.9 Å². The average molecular weight is 360 g/mol. The first-order valence-corrected chi connectivity index (χ1v) is 8.66. The van der Waals surface area contributed by atoms with Gasteiger partial charge in [0.1, 0.15) is 0 Å². The van der Waals surface area contributed by atoms with Crippen molar-refractivity contribution in [2.75, 3.05) is 0 Å². The van der Waals surface area contributed by atoms with Crippen LogP contribution in [0.15, 0.2) is 52.9 Å². The van der Waals surface area contributed by atoms with Gasteiger partial charge in [0.05, 0.1) is 15.1 Å². The maximum atomic E-state index is 11.4. The number of ether oxygens (including phenoxy) is 1. The van der Waals surface area contributed by atoms with E-state index in [2.05, 4.69) is 4.98 Å². The van der Waals surface area contributed by atoms with Crippen LogP contribution in [-0.2, 0) is 9.53 Å². The summed E-state index contributed by atoms with van der Waals surface area (Å²) in [6, 6.07) is 13.9. The summed E-state index contributed by atoms with van der Waals surface area (Å²) in [7, 11) is 0. The highest BCUT2D eigenvalue weighted by atomic mass is 32.2. The van der Waals surface area contributed by atoms with Gasteiger partial charge in [0, 0.05) is 24.6 Å². The number of esters is 1. The minimum absolute atomic E-state index is 0.0299. The van der Waals surface area contributed by atoms with Crippen LogP contribution in [0, 0.1) is 10.1 Å². The summed E-state index contributed by atoms with van der Waals surface area (Å²) in [4.78, 5) is 26.3. The number of nitrogens with zero attached hydrogens (tertiary/aromatic N) is 2. The van der Waals surface area contributed by atoms with Gasteiger partial charge in [-0.05, 0) is 17.8 Å². The zero-order valence-electron chi connectivity index (χ0n) is 12.5. The molecule has 1 atom stereocenters. The third-order valence-corrected chi connectivity index (χ3v) is 5.34. The molecule has 0 saturated heterocycles. The van der Waals surface area contributed by atoms with Gasteiger partial charge in [0.15, 0.2) is 9.78 Å². The normalized spacial score (nSPS) is 12.0. The molecule has 0 aliphatic heterocycles. The third-order valence-electron chi connectivity index (χ3n) is 3.12. The van der Waals surface area contributed by atoms with Crippen LogP contribution in [0.5, 0.6) is 0 Å². The van der Waals surface area contributed by atoms with Crippen LogP contribution >= 0.6 is 23.1 Å². The zero-order chi connectivity index (χ0) is 17.1. The molecule has 3 aromatic rings. The highest BCUT2D eigenvalue weighted by Crippen LogP contribution is 2.40. The molecule has 0 aliphatic rings. The van der Waals surface area contributed by atoms with Crippen LogP contribution < -0.4 is 0 Å². The highest BCUT2D eigenvalue weighted by Gasteiger charge is 2.19. The number of thioether (sulfide) groups is 1. The summed E-state index contributed by atoms with van der Waals surface area (Å²) < 4.78 is 6.79. The largest absolute Gasteiger partial charge is 0.446 e. The van der Waals surface area contributed by atoms with Crippen LogP contribution in [0.1, 0.15) is 17.9 Å². The molecule has 0 radical (unpaired) electrons. The quantitative estimate of drug-likeness (QED) is 0.218. The van der Waals surface area contributed by atoms with Crippen LogP contribution in [0.2, 0.25) is 0 Å². The van der Waals surface area contributed by atoms with E-state index in [9.17, 15) is 14.9 Å². The molecule has 0 aliphatic carbocycles. The maximum absolute atomic E-state index is 11.4. The Morgan fingerprint density at radius 2 is 2.04 bits per heavy atom. The summed E-state index contributed by atoms with van der Waals surface area (Å²) in [5.41, 5.74) is 1.05. The Labute approximate surface area is 145 Å². The molecular formula is C16H12N2O4S2. The van der Waals surface area contributed by atoms with E-state index in [1.54, 1.807) is 6.07 Å². The molecule has 1 aromatic heterocycles. The maximum Gasteiger partial charge on any atom is 0.304 e. The summed E-state index contributed by atoms with van der Waals surface area (Å²) in [5, 5.41) is 10.9. The topological polar surface area (TPSA) is 82.3 Å². The van der Waals surface area contributed by atoms with Crippen molar-refractivity contribution in [3.63, 3.8) is 0 Å². The summed E-state index contributed by atoms with van der Waals surface area (Å²) in [5.74, 6) is -0.381. The number of non-ortho nitro benzene ring substituents is 1. The predicted molar refractivity (Wildman–Crippen MR) is 93.1 cm³/mol. The molecule has 8 heteroatoms. The van der Waals surface area contributed by atoms with Crippen LogP contribution in [0.25, 0.3) is 10.2 Å². The van der Waals surface area contributed by atoms with Gasteiger partial charge < -0.3 is 4.74 Å². The van der Waals surface area contributed by atoms with Crippen molar-refractivity contribution in [1.82, 2.24) is 4.98 Å². The molecule has 0 spiro atoms. The van der Waals surface area contributed by atoms with Crippen molar-refractivity contribution in [3.8, 4) is 0 Å². The van der Waals surface area contributed by atoms with E-state index in [0.717, 1.165) is 10.3 Å². The number of thiazole rings is 1. The second-order valence-electron chi connectivity index (χ2n) is 4.86. The van der Waals surface area contributed by atoms with Gasteiger partial charge in [0.2, 0.25) is 0 Å². The van der Waals surface area contributed by atoms with E-state index in [0.29, 0.717) is 9.86 Å². The number of aromatic nitrogens is 1. The Morgan fingerprint density at radius 1 is 1.29 bits per heavy atom. The van der Waals surface area contributed by atoms with E-state index < -0.39 is 10.4 Å². The second kappa shape index (κ2) is 6.98. The van der Waals surface area contributed by atoms with E-state index in [4.69, 9.17) is 4.74 Å². The van der Waals surface area contributed by atoms with Gasteiger partial charge >= 0.3 is 5.97 Å². The number of fused-ring (bicyclic) bond motifs is 1. The first-order chi connectivity index (χ1) is 11.5. The number of hydrogen-bond acceptors (Lipinski definition) is 7. The number of hydrogen-bond donors (Lipinski definition) is 0. The molecule has 3 rings (SSSR count). The Morgan fingerprint density at radius 3 is 2.71 bits per heavy atom. The van der Waals surface area contributed by atoms with Gasteiger partial charge in [-0.3, -0.25) is 14.9 Å². The molecule has 0 N–H and O–H groups in total. The summed E-state index contributed by atoms with van der Waals surface area (Å²) in [6.07, 6.45) is 0. The van der Waals surface area contributed by atoms with Crippen molar-refractivity contribution >= 4 is 45.0 Å². The fourth-order valence-electron chi connectivity index (χ4n) is 2.07. The number of nitro benzene ring substituents is 1. The molecule has 6 nitrogen and oxygen atoms in total. The van der Waals surface area contributed by atoms with Crippen molar-refractivity contribution in [2.45, 2.75) is 16.7 Å². The van der Waals surface area contributed by atoms with Gasteiger partial charge in [-0.25, -0.2) is 4.98 Å². The summed E-state index contributed by atoms with van der Waals surface area (Å²) >= 11 is 2.64. The molecule has 0 amide bonds.